The highest BCUT2D eigenvalue weighted by Gasteiger charge is 2.48. The molecule has 1 amide bonds. The lowest BCUT2D eigenvalue weighted by Gasteiger charge is -2.23. The summed E-state index contributed by atoms with van der Waals surface area (Å²) in [6.45, 7) is 5.56. The molecule has 0 aliphatic carbocycles. The number of amides is 1. The summed E-state index contributed by atoms with van der Waals surface area (Å²) < 4.78 is 10.8. The van der Waals surface area contributed by atoms with E-state index in [2.05, 4.69) is 15.2 Å². The molecular formula is C25H24N4O5. The Labute approximate surface area is 196 Å². The summed E-state index contributed by atoms with van der Waals surface area (Å²) in [6.07, 6.45) is 1.47. The van der Waals surface area contributed by atoms with Gasteiger partial charge >= 0.3 is 5.91 Å². The summed E-state index contributed by atoms with van der Waals surface area (Å²) in [5.74, 6) is -0.687. The van der Waals surface area contributed by atoms with Crippen LogP contribution in [0.3, 0.4) is 0 Å². The van der Waals surface area contributed by atoms with Crippen LogP contribution in [0.15, 0.2) is 60.3 Å². The number of aliphatic hydroxyl groups excluding tert-OH is 1. The van der Waals surface area contributed by atoms with E-state index in [9.17, 15) is 14.7 Å². The monoisotopic (exact) mass is 460 g/mol. The number of aryl methyl sites for hydroxylation is 1. The average Bonchev–Trinajstić information content (AvgIpc) is 3.10. The van der Waals surface area contributed by atoms with Crippen LogP contribution in [0.5, 0.6) is 11.5 Å². The van der Waals surface area contributed by atoms with Gasteiger partial charge in [-0.1, -0.05) is 0 Å². The zero-order valence-corrected chi connectivity index (χ0v) is 19.2. The van der Waals surface area contributed by atoms with E-state index >= 15 is 0 Å². The van der Waals surface area contributed by atoms with Gasteiger partial charge in [0.15, 0.2) is 5.82 Å². The molecule has 1 aliphatic rings. The molecule has 2 aromatic heterocycles. The Morgan fingerprint density at radius 3 is 2.26 bits per heavy atom. The van der Waals surface area contributed by atoms with Gasteiger partial charge in [0.05, 0.1) is 36.4 Å². The van der Waals surface area contributed by atoms with Gasteiger partial charge < -0.3 is 14.6 Å². The van der Waals surface area contributed by atoms with E-state index in [0.717, 1.165) is 0 Å². The quantitative estimate of drug-likeness (QED) is 0.337. The maximum absolute atomic E-state index is 13.2. The van der Waals surface area contributed by atoms with Crippen LogP contribution in [0, 0.1) is 6.92 Å². The van der Waals surface area contributed by atoms with Crippen LogP contribution in [0.25, 0.3) is 5.76 Å². The number of hydrogen-bond acceptors (Lipinski definition) is 8. The van der Waals surface area contributed by atoms with Crippen LogP contribution in [0.1, 0.15) is 36.8 Å². The van der Waals surface area contributed by atoms with Crippen molar-refractivity contribution in [3.8, 4) is 11.5 Å². The third kappa shape index (κ3) is 4.32. The van der Waals surface area contributed by atoms with E-state index in [-0.39, 0.29) is 23.3 Å². The van der Waals surface area contributed by atoms with E-state index in [1.54, 1.807) is 55.5 Å². The lowest BCUT2D eigenvalue weighted by atomic mass is 9.98. The van der Waals surface area contributed by atoms with Gasteiger partial charge in [-0.15, -0.1) is 5.10 Å². The molecule has 0 saturated carbocycles. The van der Waals surface area contributed by atoms with Crippen LogP contribution in [-0.2, 0) is 9.59 Å². The van der Waals surface area contributed by atoms with Gasteiger partial charge in [-0.25, -0.2) is 0 Å². The summed E-state index contributed by atoms with van der Waals surface area (Å²) in [4.78, 5) is 31.9. The number of ether oxygens (including phenoxy) is 2. The third-order valence-electron chi connectivity index (χ3n) is 5.25. The van der Waals surface area contributed by atoms with Gasteiger partial charge in [0.25, 0.3) is 5.78 Å². The van der Waals surface area contributed by atoms with Gasteiger partial charge in [-0.2, -0.15) is 5.10 Å². The van der Waals surface area contributed by atoms with Crippen molar-refractivity contribution in [2.45, 2.75) is 32.9 Å². The predicted molar refractivity (Wildman–Crippen MR) is 125 cm³/mol. The molecule has 1 N–H and O–H groups in total. The molecular weight excluding hydrogens is 436 g/mol. The number of benzene rings is 1. The van der Waals surface area contributed by atoms with Gasteiger partial charge in [0, 0.05) is 5.56 Å². The van der Waals surface area contributed by atoms with E-state index in [0.29, 0.717) is 28.5 Å². The van der Waals surface area contributed by atoms with Crippen LogP contribution in [0.4, 0.5) is 5.82 Å². The molecule has 1 aliphatic heterocycles. The Kier molecular flexibility index (Phi) is 6.27. The molecule has 34 heavy (non-hydrogen) atoms. The number of nitrogens with zero attached hydrogens (tertiary/aromatic N) is 4. The minimum absolute atomic E-state index is 0.0452. The van der Waals surface area contributed by atoms with Crippen molar-refractivity contribution in [3.05, 3.63) is 77.3 Å². The number of pyridine rings is 1. The highest BCUT2D eigenvalue weighted by atomic mass is 16.5. The number of ketones is 1. The molecule has 0 spiro atoms. The summed E-state index contributed by atoms with van der Waals surface area (Å²) in [5, 5.41) is 19.3. The number of carbonyl (C=O) groups excluding carboxylic acids is 2. The number of rotatable bonds is 6. The molecule has 3 heterocycles. The van der Waals surface area contributed by atoms with Gasteiger partial charge in [-0.05, 0) is 69.3 Å². The molecule has 1 fully saturated rings. The SMILES string of the molecule is COc1ccc(C(O)=C2C(=O)C(=O)N(c3ccc(C)nn3)C2c2ccc(OC(C)C)cn2)cc1. The maximum atomic E-state index is 13.2. The Morgan fingerprint density at radius 2 is 1.71 bits per heavy atom. The summed E-state index contributed by atoms with van der Waals surface area (Å²) in [6, 6.07) is 12.2. The first-order valence-electron chi connectivity index (χ1n) is 10.7. The molecule has 1 aromatic carbocycles. The van der Waals surface area contributed by atoms with Gasteiger partial charge in [-0.3, -0.25) is 19.5 Å². The molecule has 9 heteroatoms. The van der Waals surface area contributed by atoms with Crippen LogP contribution >= 0.6 is 0 Å². The Morgan fingerprint density at radius 1 is 1.00 bits per heavy atom. The highest BCUT2D eigenvalue weighted by Crippen LogP contribution is 2.41. The molecule has 1 saturated heterocycles. The molecule has 3 aromatic rings. The normalized spacial score (nSPS) is 17.3. The summed E-state index contributed by atoms with van der Waals surface area (Å²) >= 11 is 0. The lowest BCUT2D eigenvalue weighted by Crippen LogP contribution is -2.31. The number of Topliss-reactive ketones (excluding diaryl/α,β-unsaturated/α-hetero) is 1. The number of carbonyl (C=O) groups is 2. The fraction of sp³-hybridized carbons (Fsp3) is 0.240. The maximum Gasteiger partial charge on any atom is 0.301 e. The first-order valence-corrected chi connectivity index (χ1v) is 10.7. The second-order valence-electron chi connectivity index (χ2n) is 8.02. The first-order chi connectivity index (χ1) is 16.3. The number of methoxy groups -OCH3 is 1. The van der Waals surface area contributed by atoms with Crippen molar-refractivity contribution in [1.82, 2.24) is 15.2 Å². The van der Waals surface area contributed by atoms with Crippen LogP contribution < -0.4 is 14.4 Å². The molecule has 4 rings (SSSR count). The average molecular weight is 460 g/mol. The van der Waals surface area contributed by atoms with Gasteiger partial charge in [0.2, 0.25) is 0 Å². The van der Waals surface area contributed by atoms with E-state index in [1.807, 2.05) is 13.8 Å². The van der Waals surface area contributed by atoms with E-state index < -0.39 is 17.7 Å². The largest absolute Gasteiger partial charge is 0.507 e. The van der Waals surface area contributed by atoms with Crippen molar-refractivity contribution in [2.24, 2.45) is 0 Å². The van der Waals surface area contributed by atoms with Crippen molar-refractivity contribution in [3.63, 3.8) is 0 Å². The van der Waals surface area contributed by atoms with Crippen molar-refractivity contribution < 1.29 is 24.2 Å². The molecule has 1 unspecified atom stereocenters. The highest BCUT2D eigenvalue weighted by molar-refractivity contribution is 6.51. The second kappa shape index (κ2) is 9.30. The molecule has 0 radical (unpaired) electrons. The number of aliphatic hydroxyl groups is 1. The summed E-state index contributed by atoms with van der Waals surface area (Å²) in [7, 11) is 1.53. The van der Waals surface area contributed by atoms with Crippen molar-refractivity contribution in [2.75, 3.05) is 12.0 Å². The molecule has 174 valence electrons. The zero-order valence-electron chi connectivity index (χ0n) is 19.2. The third-order valence-corrected chi connectivity index (χ3v) is 5.25. The lowest BCUT2D eigenvalue weighted by molar-refractivity contribution is -0.132. The smallest absolute Gasteiger partial charge is 0.301 e. The van der Waals surface area contributed by atoms with Gasteiger partial charge in [0.1, 0.15) is 23.3 Å². The Hall–Kier alpha value is -4.27. The first kappa shape index (κ1) is 22.9. The fourth-order valence-corrected chi connectivity index (χ4v) is 3.67. The number of anilines is 1. The van der Waals surface area contributed by atoms with Crippen molar-refractivity contribution in [1.29, 1.82) is 0 Å². The molecule has 1 atom stereocenters. The topological polar surface area (TPSA) is 115 Å². The Bertz CT molecular complexity index is 1240. The zero-order chi connectivity index (χ0) is 24.4. The minimum atomic E-state index is -1.01. The number of hydrogen-bond donors (Lipinski definition) is 1. The molecule has 0 bridgehead atoms. The summed E-state index contributed by atoms with van der Waals surface area (Å²) in [5.41, 5.74) is 1.29. The van der Waals surface area contributed by atoms with E-state index in [4.69, 9.17) is 9.47 Å². The number of aromatic nitrogens is 3. The fourth-order valence-electron chi connectivity index (χ4n) is 3.67. The minimum Gasteiger partial charge on any atom is -0.507 e. The second-order valence-corrected chi connectivity index (χ2v) is 8.02. The standard InChI is InChI=1S/C25H24N4O5/c1-14(2)34-18-10-11-19(26-13-18)22-21(23(30)16-6-8-17(33-4)9-7-16)24(31)25(32)29(22)20-12-5-15(3)27-28-20/h5-14,22,30H,1-4H3. The predicted octanol–water partition coefficient (Wildman–Crippen LogP) is 3.60. The molecule has 9 nitrogen and oxygen atoms in total. The van der Waals surface area contributed by atoms with E-state index in [1.165, 1.54) is 18.2 Å². The Balaban J connectivity index is 1.86. The van der Waals surface area contributed by atoms with Crippen LogP contribution in [-0.4, -0.2) is 45.2 Å². The van der Waals surface area contributed by atoms with Crippen LogP contribution in [0.2, 0.25) is 0 Å². The van der Waals surface area contributed by atoms with Crippen molar-refractivity contribution >= 4 is 23.3 Å².